The zero-order valence-electron chi connectivity index (χ0n) is 22.6. The number of hydrogen-bond acceptors (Lipinski definition) is 5. The van der Waals surface area contributed by atoms with Crippen molar-refractivity contribution in [2.75, 3.05) is 32.7 Å². The topological polar surface area (TPSA) is 88.0 Å². The van der Waals surface area contributed by atoms with E-state index in [1.54, 1.807) is 30.0 Å². The Kier molecular flexibility index (Phi) is 9.06. The number of nitrogens with zero attached hydrogens (tertiary/aromatic N) is 5. The van der Waals surface area contributed by atoms with Gasteiger partial charge in [0.05, 0.1) is 17.8 Å². The van der Waals surface area contributed by atoms with Gasteiger partial charge >= 0.3 is 6.09 Å². The summed E-state index contributed by atoms with van der Waals surface area (Å²) in [5, 5.41) is 5.65. The highest BCUT2D eigenvalue weighted by Gasteiger charge is 2.36. The van der Waals surface area contributed by atoms with E-state index >= 15 is 0 Å². The number of benzene rings is 2. The molecule has 2 aliphatic heterocycles. The van der Waals surface area contributed by atoms with Crippen molar-refractivity contribution >= 4 is 52.7 Å². The van der Waals surface area contributed by atoms with Crippen LogP contribution in [0.4, 0.5) is 4.79 Å². The van der Waals surface area contributed by atoms with E-state index in [0.717, 1.165) is 11.1 Å². The Morgan fingerprint density at radius 3 is 2.39 bits per heavy atom. The minimum absolute atomic E-state index is 0.00937. The molecule has 0 saturated carbocycles. The number of halogens is 3. The average Bonchev–Trinajstić information content (AvgIpc) is 3.25. The number of piperidine rings is 1. The normalized spacial score (nSPS) is 16.3. The van der Waals surface area contributed by atoms with E-state index in [4.69, 9.17) is 39.5 Å². The van der Waals surface area contributed by atoms with Gasteiger partial charge in [0.2, 0.25) is 5.91 Å². The molecule has 0 spiro atoms. The van der Waals surface area contributed by atoms with Crippen molar-refractivity contribution in [1.29, 1.82) is 0 Å². The number of aryl methyl sites for hydroxylation is 1. The number of carbonyl (C=O) groups excluding carboxylic acids is 3. The second-order valence-electron chi connectivity index (χ2n) is 10.2. The van der Waals surface area contributed by atoms with Crippen LogP contribution in [0.15, 0.2) is 48.5 Å². The Morgan fingerprint density at radius 1 is 0.976 bits per heavy atom. The largest absolute Gasteiger partial charge is 0.445 e. The summed E-state index contributed by atoms with van der Waals surface area (Å²) in [5.41, 5.74) is 2.45. The van der Waals surface area contributed by atoms with E-state index in [0.29, 0.717) is 54.8 Å². The zero-order valence-corrected chi connectivity index (χ0v) is 24.8. The molecule has 3 aromatic rings. The molecule has 0 radical (unpaired) electrons. The van der Waals surface area contributed by atoms with Crippen LogP contribution < -0.4 is 0 Å². The first kappa shape index (κ1) is 29.2. The maximum atomic E-state index is 13.4. The van der Waals surface area contributed by atoms with Crippen molar-refractivity contribution in [1.82, 2.24) is 24.5 Å². The van der Waals surface area contributed by atoms with Gasteiger partial charge in [0.1, 0.15) is 18.3 Å². The molecule has 1 aromatic heterocycles. The molecule has 9 nitrogen and oxygen atoms in total. The van der Waals surface area contributed by atoms with Crippen LogP contribution in [0.2, 0.25) is 15.2 Å². The third-order valence-electron chi connectivity index (χ3n) is 7.53. The van der Waals surface area contributed by atoms with Gasteiger partial charge in [0.25, 0.3) is 5.91 Å². The smallest absolute Gasteiger partial charge is 0.410 e. The van der Waals surface area contributed by atoms with Crippen molar-refractivity contribution in [2.45, 2.75) is 39.0 Å². The highest BCUT2D eigenvalue weighted by atomic mass is 35.5. The second kappa shape index (κ2) is 12.7. The van der Waals surface area contributed by atoms with E-state index in [-0.39, 0.29) is 54.4 Å². The molecular weight excluding hydrogens is 589 g/mol. The Hall–Kier alpha value is -3.27. The van der Waals surface area contributed by atoms with Gasteiger partial charge in [-0.3, -0.25) is 9.59 Å². The van der Waals surface area contributed by atoms with Crippen LogP contribution in [0.3, 0.4) is 0 Å². The molecule has 0 atom stereocenters. The fourth-order valence-electron chi connectivity index (χ4n) is 5.29. The second-order valence-corrected chi connectivity index (χ2v) is 11.4. The van der Waals surface area contributed by atoms with Crippen molar-refractivity contribution in [3.05, 3.63) is 86.1 Å². The summed E-state index contributed by atoms with van der Waals surface area (Å²) in [6.45, 7) is 4.00. The highest BCUT2D eigenvalue weighted by molar-refractivity contribution is 6.35. The quantitative estimate of drug-likeness (QED) is 0.375. The lowest BCUT2D eigenvalue weighted by Crippen LogP contribution is -2.57. The summed E-state index contributed by atoms with van der Waals surface area (Å²) >= 11 is 18.9. The molecule has 5 rings (SSSR count). The Morgan fingerprint density at radius 2 is 1.71 bits per heavy atom. The molecule has 0 aliphatic carbocycles. The van der Waals surface area contributed by atoms with Crippen molar-refractivity contribution in [3.63, 3.8) is 0 Å². The number of carbonyl (C=O) groups is 3. The molecule has 2 aliphatic rings. The lowest BCUT2D eigenvalue weighted by atomic mass is 10.0. The van der Waals surface area contributed by atoms with Gasteiger partial charge in [-0.1, -0.05) is 71.2 Å². The Balaban J connectivity index is 1.15. The molecule has 0 unspecified atom stereocenters. The fraction of sp³-hybridized carbons (Fsp3) is 0.379. The minimum Gasteiger partial charge on any atom is -0.445 e. The Bertz CT molecular complexity index is 1440. The van der Waals surface area contributed by atoms with Gasteiger partial charge in [0.15, 0.2) is 0 Å². The number of likely N-dealkylation sites (tertiary alicyclic amines) is 1. The van der Waals surface area contributed by atoms with E-state index in [1.165, 1.54) is 9.58 Å². The molecule has 216 valence electrons. The number of piperazine rings is 1. The summed E-state index contributed by atoms with van der Waals surface area (Å²) < 4.78 is 6.97. The van der Waals surface area contributed by atoms with Gasteiger partial charge < -0.3 is 19.4 Å². The van der Waals surface area contributed by atoms with Gasteiger partial charge in [-0.2, -0.15) is 5.10 Å². The van der Waals surface area contributed by atoms with Crippen LogP contribution in [0.1, 0.15) is 40.0 Å². The monoisotopic (exact) mass is 617 g/mol. The SMILES string of the molecule is Cc1nn(Cc2ccc(Cl)cc2Cl)c(Cl)c1C(=O)N1CCN(C2CCN(C(=O)OCc3ccccc3)CC2)C(=O)C1. The molecule has 0 bridgehead atoms. The number of aromatic nitrogens is 2. The molecule has 12 heteroatoms. The first-order valence-electron chi connectivity index (χ1n) is 13.4. The van der Waals surface area contributed by atoms with Crippen molar-refractivity contribution in [3.8, 4) is 0 Å². The fourth-order valence-corrected chi connectivity index (χ4v) is 6.07. The predicted molar refractivity (Wildman–Crippen MR) is 156 cm³/mol. The van der Waals surface area contributed by atoms with Gasteiger partial charge in [-0.15, -0.1) is 0 Å². The zero-order chi connectivity index (χ0) is 29.1. The first-order valence-corrected chi connectivity index (χ1v) is 14.6. The van der Waals surface area contributed by atoms with Crippen molar-refractivity contribution < 1.29 is 19.1 Å². The summed E-state index contributed by atoms with van der Waals surface area (Å²) in [5.74, 6) is -0.450. The minimum atomic E-state index is -0.347. The maximum Gasteiger partial charge on any atom is 0.410 e. The molecule has 3 heterocycles. The number of rotatable bonds is 6. The van der Waals surface area contributed by atoms with Gasteiger partial charge in [-0.25, -0.2) is 9.48 Å². The van der Waals surface area contributed by atoms with Gasteiger partial charge in [-0.05, 0) is 43.0 Å². The number of hydrogen-bond donors (Lipinski definition) is 0. The summed E-state index contributed by atoms with van der Waals surface area (Å²) in [4.78, 5) is 44.1. The summed E-state index contributed by atoms with van der Waals surface area (Å²) in [6.07, 6.45) is 0.969. The van der Waals surface area contributed by atoms with Crippen LogP contribution in [-0.2, 0) is 22.7 Å². The molecule has 41 heavy (non-hydrogen) atoms. The maximum absolute atomic E-state index is 13.4. The number of amides is 3. The third kappa shape index (κ3) is 6.63. The summed E-state index contributed by atoms with van der Waals surface area (Å²) in [7, 11) is 0. The van der Waals surface area contributed by atoms with E-state index < -0.39 is 0 Å². The van der Waals surface area contributed by atoms with Crippen LogP contribution in [-0.4, -0.2) is 81.2 Å². The summed E-state index contributed by atoms with van der Waals surface area (Å²) in [6, 6.07) is 14.7. The standard InChI is InChI=1S/C29H30Cl3N5O4/c1-19-26(27(32)37(33-19)16-21-7-8-22(30)15-24(21)31)28(39)35-13-14-36(25(38)17-35)23-9-11-34(12-10-23)29(40)41-18-20-5-3-2-4-6-20/h2-8,15,23H,9-14,16-18H2,1H3. The van der Waals surface area contributed by atoms with Crippen LogP contribution in [0.25, 0.3) is 0 Å². The van der Waals surface area contributed by atoms with Gasteiger partial charge in [0, 0.05) is 42.3 Å². The average molecular weight is 619 g/mol. The van der Waals surface area contributed by atoms with Crippen LogP contribution in [0, 0.1) is 6.92 Å². The third-order valence-corrected chi connectivity index (χ3v) is 8.50. The predicted octanol–water partition coefficient (Wildman–Crippen LogP) is 5.29. The highest BCUT2D eigenvalue weighted by Crippen LogP contribution is 2.27. The lowest BCUT2D eigenvalue weighted by molar-refractivity contribution is -0.138. The van der Waals surface area contributed by atoms with E-state index in [1.807, 2.05) is 35.2 Å². The Labute approximate surface area is 253 Å². The number of ether oxygens (including phenoxy) is 1. The van der Waals surface area contributed by atoms with Crippen LogP contribution in [0.5, 0.6) is 0 Å². The van der Waals surface area contributed by atoms with E-state index in [9.17, 15) is 14.4 Å². The lowest BCUT2D eigenvalue weighted by Gasteiger charge is -2.42. The van der Waals surface area contributed by atoms with E-state index in [2.05, 4.69) is 5.10 Å². The van der Waals surface area contributed by atoms with Crippen molar-refractivity contribution in [2.24, 2.45) is 0 Å². The molecule has 3 amide bonds. The molecular formula is C29H30Cl3N5O4. The molecule has 0 N–H and O–H groups in total. The first-order chi connectivity index (χ1) is 19.7. The molecule has 2 fully saturated rings. The molecule has 2 aromatic carbocycles. The molecule has 2 saturated heterocycles. The van der Waals surface area contributed by atoms with Crippen LogP contribution >= 0.6 is 34.8 Å².